The summed E-state index contributed by atoms with van der Waals surface area (Å²) in [7, 11) is 3.77. The molecule has 0 bridgehead atoms. The lowest BCUT2D eigenvalue weighted by molar-refractivity contribution is -0.147. The van der Waals surface area contributed by atoms with Crippen molar-refractivity contribution in [2.24, 2.45) is 5.92 Å². The monoisotopic (exact) mass is 174 g/mol. The fraction of sp³-hybridized carbons (Fsp3) is 0.875. The van der Waals surface area contributed by atoms with Crippen molar-refractivity contribution >= 4 is 5.97 Å². The van der Waals surface area contributed by atoms with Crippen molar-refractivity contribution in [3.05, 3.63) is 0 Å². The van der Waals surface area contributed by atoms with E-state index < -0.39 is 0 Å². The van der Waals surface area contributed by atoms with Crippen molar-refractivity contribution in [1.29, 1.82) is 0 Å². The second-order valence-corrected chi connectivity index (χ2v) is 2.91. The molecule has 1 unspecified atom stereocenters. The summed E-state index contributed by atoms with van der Waals surface area (Å²) in [6.07, 6.45) is 0. The summed E-state index contributed by atoms with van der Waals surface area (Å²) in [4.78, 5) is 11.1. The van der Waals surface area contributed by atoms with E-state index >= 15 is 0 Å². The van der Waals surface area contributed by atoms with Crippen LogP contribution >= 0.6 is 0 Å². The standard InChI is InChI=1S/C8H18N2O2/c1-5-12-8(11)7(2)6-9-10(3)4/h7,9H,5-6H2,1-4H3. The van der Waals surface area contributed by atoms with Crippen molar-refractivity contribution in [2.75, 3.05) is 27.2 Å². The number of hydrazine groups is 1. The summed E-state index contributed by atoms with van der Waals surface area (Å²) in [5, 5.41) is 1.82. The SMILES string of the molecule is CCOC(=O)C(C)CNN(C)C. The molecule has 0 aliphatic rings. The number of nitrogens with one attached hydrogen (secondary N) is 1. The van der Waals surface area contributed by atoms with Crippen molar-refractivity contribution in [3.8, 4) is 0 Å². The third kappa shape index (κ3) is 5.09. The molecule has 0 heterocycles. The molecule has 0 aromatic heterocycles. The molecule has 0 radical (unpaired) electrons. The Balaban J connectivity index is 3.56. The average molecular weight is 174 g/mol. The molecule has 0 aliphatic carbocycles. The molecule has 0 amide bonds. The number of hydrogen-bond donors (Lipinski definition) is 1. The molecule has 0 aromatic carbocycles. The minimum atomic E-state index is -0.146. The smallest absolute Gasteiger partial charge is 0.309 e. The zero-order valence-electron chi connectivity index (χ0n) is 8.26. The lowest BCUT2D eigenvalue weighted by Gasteiger charge is -2.15. The Morgan fingerprint density at radius 3 is 2.58 bits per heavy atom. The molecule has 4 heteroatoms. The van der Waals surface area contributed by atoms with Crippen LogP contribution in [0.3, 0.4) is 0 Å². The van der Waals surface area contributed by atoms with E-state index in [1.165, 1.54) is 0 Å². The van der Waals surface area contributed by atoms with Gasteiger partial charge in [-0.1, -0.05) is 6.92 Å². The van der Waals surface area contributed by atoms with E-state index in [0.29, 0.717) is 13.2 Å². The van der Waals surface area contributed by atoms with Crippen LogP contribution in [0.2, 0.25) is 0 Å². The molecule has 0 saturated carbocycles. The highest BCUT2D eigenvalue weighted by molar-refractivity contribution is 5.72. The predicted molar refractivity (Wildman–Crippen MR) is 47.5 cm³/mol. The van der Waals surface area contributed by atoms with E-state index in [2.05, 4.69) is 5.43 Å². The number of carbonyl (C=O) groups excluding carboxylic acids is 1. The topological polar surface area (TPSA) is 41.6 Å². The molecule has 1 N–H and O–H groups in total. The number of ether oxygens (including phenoxy) is 1. The first kappa shape index (κ1) is 11.4. The Hall–Kier alpha value is -0.610. The van der Waals surface area contributed by atoms with Gasteiger partial charge in [-0.2, -0.15) is 0 Å². The summed E-state index contributed by atoms with van der Waals surface area (Å²) in [5.74, 6) is -0.237. The minimum Gasteiger partial charge on any atom is -0.466 e. The molecule has 0 saturated heterocycles. The highest BCUT2D eigenvalue weighted by atomic mass is 16.5. The predicted octanol–water partition coefficient (Wildman–Crippen LogP) is 0.252. The molecule has 72 valence electrons. The maximum atomic E-state index is 11.1. The van der Waals surface area contributed by atoms with E-state index in [1.54, 1.807) is 0 Å². The number of rotatable bonds is 5. The normalized spacial score (nSPS) is 13.1. The van der Waals surface area contributed by atoms with Crippen LogP contribution in [0.15, 0.2) is 0 Å². The quantitative estimate of drug-likeness (QED) is 0.479. The third-order valence-electron chi connectivity index (χ3n) is 1.40. The summed E-state index contributed by atoms with van der Waals surface area (Å²) in [5.41, 5.74) is 3.02. The first-order chi connectivity index (χ1) is 5.57. The van der Waals surface area contributed by atoms with Crippen LogP contribution in [0.5, 0.6) is 0 Å². The maximum absolute atomic E-state index is 11.1. The van der Waals surface area contributed by atoms with Gasteiger partial charge in [0, 0.05) is 20.6 Å². The molecule has 0 spiro atoms. The zero-order chi connectivity index (χ0) is 9.56. The zero-order valence-corrected chi connectivity index (χ0v) is 8.26. The van der Waals surface area contributed by atoms with Crippen molar-refractivity contribution in [2.45, 2.75) is 13.8 Å². The minimum absolute atomic E-state index is 0.0904. The van der Waals surface area contributed by atoms with E-state index in [0.717, 1.165) is 0 Å². The van der Waals surface area contributed by atoms with E-state index in [1.807, 2.05) is 33.0 Å². The summed E-state index contributed by atoms with van der Waals surface area (Å²) in [6.45, 7) is 4.72. The first-order valence-electron chi connectivity index (χ1n) is 4.15. The molecular formula is C8H18N2O2. The molecule has 4 nitrogen and oxygen atoms in total. The number of hydrogen-bond acceptors (Lipinski definition) is 4. The van der Waals surface area contributed by atoms with Gasteiger partial charge in [-0.25, -0.2) is 0 Å². The Kier molecular flexibility index (Phi) is 5.66. The van der Waals surface area contributed by atoms with Gasteiger partial charge in [-0.15, -0.1) is 0 Å². The Morgan fingerprint density at radius 2 is 2.17 bits per heavy atom. The van der Waals surface area contributed by atoms with Crippen LogP contribution in [0.4, 0.5) is 0 Å². The van der Waals surface area contributed by atoms with E-state index in [4.69, 9.17) is 4.74 Å². The van der Waals surface area contributed by atoms with Gasteiger partial charge in [-0.3, -0.25) is 15.2 Å². The van der Waals surface area contributed by atoms with Gasteiger partial charge < -0.3 is 4.74 Å². The highest BCUT2D eigenvalue weighted by Crippen LogP contribution is 1.96. The van der Waals surface area contributed by atoms with E-state index in [-0.39, 0.29) is 11.9 Å². The molecule has 0 rings (SSSR count). The lowest BCUT2D eigenvalue weighted by Crippen LogP contribution is -2.36. The summed E-state index contributed by atoms with van der Waals surface area (Å²) < 4.78 is 4.84. The van der Waals surface area contributed by atoms with Crippen LogP contribution in [-0.4, -0.2) is 38.2 Å². The van der Waals surface area contributed by atoms with Gasteiger partial charge in [0.05, 0.1) is 12.5 Å². The molecule has 1 atom stereocenters. The van der Waals surface area contributed by atoms with Crippen LogP contribution in [0.25, 0.3) is 0 Å². The van der Waals surface area contributed by atoms with Gasteiger partial charge in [0.2, 0.25) is 0 Å². The maximum Gasteiger partial charge on any atom is 0.309 e. The van der Waals surface area contributed by atoms with Gasteiger partial charge in [0.15, 0.2) is 0 Å². The van der Waals surface area contributed by atoms with Crippen molar-refractivity contribution in [3.63, 3.8) is 0 Å². The fourth-order valence-corrected chi connectivity index (χ4v) is 0.687. The molecular weight excluding hydrogens is 156 g/mol. The summed E-state index contributed by atoms with van der Waals surface area (Å²) >= 11 is 0. The number of carbonyl (C=O) groups is 1. The largest absolute Gasteiger partial charge is 0.466 e. The Morgan fingerprint density at radius 1 is 1.58 bits per heavy atom. The van der Waals surface area contributed by atoms with Crippen molar-refractivity contribution in [1.82, 2.24) is 10.4 Å². The molecule has 12 heavy (non-hydrogen) atoms. The highest BCUT2D eigenvalue weighted by Gasteiger charge is 2.12. The molecule has 0 fully saturated rings. The van der Waals surface area contributed by atoms with Gasteiger partial charge in [0.1, 0.15) is 0 Å². The lowest BCUT2D eigenvalue weighted by atomic mass is 10.2. The van der Waals surface area contributed by atoms with Crippen LogP contribution in [0.1, 0.15) is 13.8 Å². The van der Waals surface area contributed by atoms with Crippen LogP contribution in [-0.2, 0) is 9.53 Å². The van der Waals surface area contributed by atoms with Crippen molar-refractivity contribution < 1.29 is 9.53 Å². The number of esters is 1. The number of nitrogens with zero attached hydrogens (tertiary/aromatic N) is 1. The molecule has 0 aromatic rings. The molecule has 0 aliphatic heterocycles. The van der Waals surface area contributed by atoms with Crippen LogP contribution in [0, 0.1) is 5.92 Å². The Bertz CT molecular complexity index is 137. The Labute approximate surface area is 73.8 Å². The van der Waals surface area contributed by atoms with Gasteiger partial charge in [-0.05, 0) is 6.92 Å². The van der Waals surface area contributed by atoms with Gasteiger partial charge in [0.25, 0.3) is 0 Å². The van der Waals surface area contributed by atoms with Gasteiger partial charge >= 0.3 is 5.97 Å². The average Bonchev–Trinajstić information content (AvgIpc) is 2.00. The fourth-order valence-electron chi connectivity index (χ4n) is 0.687. The second-order valence-electron chi connectivity index (χ2n) is 2.91. The third-order valence-corrected chi connectivity index (χ3v) is 1.40. The van der Waals surface area contributed by atoms with Crippen LogP contribution < -0.4 is 5.43 Å². The van der Waals surface area contributed by atoms with E-state index in [9.17, 15) is 4.79 Å². The second kappa shape index (κ2) is 5.97. The first-order valence-corrected chi connectivity index (χ1v) is 4.15. The summed E-state index contributed by atoms with van der Waals surface area (Å²) in [6, 6.07) is 0.